The molecule has 0 amide bonds. The lowest BCUT2D eigenvalue weighted by molar-refractivity contribution is 0.279. The van der Waals surface area contributed by atoms with Crippen LogP contribution in [-0.4, -0.2) is 36.0 Å². The second kappa shape index (κ2) is 6.31. The monoisotopic (exact) mass is 235 g/mol. The third kappa shape index (κ3) is 3.26. The van der Waals surface area contributed by atoms with Gasteiger partial charge in [-0.1, -0.05) is 37.3 Å². The minimum Gasteiger partial charge on any atom is -0.301 e. The van der Waals surface area contributed by atoms with E-state index in [0.29, 0.717) is 5.92 Å². The molecule has 0 aromatic heterocycles. The molecule has 1 aliphatic heterocycles. The number of hydrogen-bond donors (Lipinski definition) is 0. The van der Waals surface area contributed by atoms with Crippen molar-refractivity contribution >= 4 is 11.8 Å². The van der Waals surface area contributed by atoms with Crippen LogP contribution in [0.3, 0.4) is 0 Å². The number of benzene rings is 1. The number of hydrogen-bond acceptors (Lipinski definition) is 2. The number of thioether (sulfide) groups is 1. The van der Waals surface area contributed by atoms with Crippen LogP contribution in [0.4, 0.5) is 0 Å². The molecule has 0 unspecified atom stereocenters. The Kier molecular flexibility index (Phi) is 4.73. The largest absolute Gasteiger partial charge is 0.301 e. The van der Waals surface area contributed by atoms with Crippen molar-refractivity contribution in [3.05, 3.63) is 35.9 Å². The van der Waals surface area contributed by atoms with Gasteiger partial charge in [-0.2, -0.15) is 11.8 Å². The van der Waals surface area contributed by atoms with E-state index in [1.54, 1.807) is 0 Å². The summed E-state index contributed by atoms with van der Waals surface area (Å²) in [5, 5.41) is 0. The highest BCUT2D eigenvalue weighted by molar-refractivity contribution is 7.99. The first-order chi connectivity index (χ1) is 7.90. The lowest BCUT2D eigenvalue weighted by Gasteiger charge is -2.30. The van der Waals surface area contributed by atoms with Crippen LogP contribution in [0.2, 0.25) is 0 Å². The topological polar surface area (TPSA) is 3.24 Å². The minimum absolute atomic E-state index is 0.712. The third-order valence-electron chi connectivity index (χ3n) is 3.35. The molecule has 2 rings (SSSR count). The van der Waals surface area contributed by atoms with Crippen molar-refractivity contribution in [1.82, 2.24) is 4.90 Å². The van der Waals surface area contributed by atoms with Gasteiger partial charge in [0.15, 0.2) is 0 Å². The summed E-state index contributed by atoms with van der Waals surface area (Å²) >= 11 is 2.09. The van der Waals surface area contributed by atoms with E-state index in [0.717, 1.165) is 0 Å². The summed E-state index contributed by atoms with van der Waals surface area (Å²) < 4.78 is 0. The summed E-state index contributed by atoms with van der Waals surface area (Å²) in [7, 11) is 0. The Hall–Kier alpha value is -0.470. The van der Waals surface area contributed by atoms with E-state index >= 15 is 0 Å². The number of nitrogens with zero attached hydrogens (tertiary/aromatic N) is 1. The van der Waals surface area contributed by atoms with E-state index in [4.69, 9.17) is 0 Å². The van der Waals surface area contributed by atoms with Gasteiger partial charge in [0.05, 0.1) is 0 Å². The predicted octanol–water partition coefficient (Wildman–Crippen LogP) is 3.23. The Morgan fingerprint density at radius 1 is 1.19 bits per heavy atom. The van der Waals surface area contributed by atoms with Crippen molar-refractivity contribution in [3.63, 3.8) is 0 Å². The van der Waals surface area contributed by atoms with E-state index in [9.17, 15) is 0 Å². The molecule has 1 nitrogen and oxygen atoms in total. The van der Waals surface area contributed by atoms with E-state index in [2.05, 4.69) is 53.9 Å². The van der Waals surface area contributed by atoms with Gasteiger partial charge in [-0.15, -0.1) is 0 Å². The van der Waals surface area contributed by atoms with Gasteiger partial charge in [-0.05, 0) is 17.9 Å². The van der Waals surface area contributed by atoms with E-state index in [1.165, 1.54) is 43.1 Å². The minimum atomic E-state index is 0.712. The highest BCUT2D eigenvalue weighted by atomic mass is 32.2. The average molecular weight is 235 g/mol. The van der Waals surface area contributed by atoms with Crippen LogP contribution in [0.25, 0.3) is 0 Å². The maximum atomic E-state index is 2.62. The van der Waals surface area contributed by atoms with Gasteiger partial charge < -0.3 is 4.90 Å². The van der Waals surface area contributed by atoms with E-state index in [1.807, 2.05) is 0 Å². The van der Waals surface area contributed by atoms with Gasteiger partial charge in [-0.25, -0.2) is 0 Å². The first kappa shape index (κ1) is 12.0. The zero-order valence-electron chi connectivity index (χ0n) is 10.1. The average Bonchev–Trinajstić information content (AvgIpc) is 2.38. The Balaban J connectivity index is 1.94. The maximum absolute atomic E-state index is 2.62. The summed E-state index contributed by atoms with van der Waals surface area (Å²) in [6.07, 6.45) is 1.24. The lowest BCUT2D eigenvalue weighted by atomic mass is 9.96. The van der Waals surface area contributed by atoms with Crippen LogP contribution in [-0.2, 0) is 0 Å². The van der Waals surface area contributed by atoms with Crippen LogP contribution in [0.15, 0.2) is 30.3 Å². The zero-order chi connectivity index (χ0) is 11.2. The summed E-state index contributed by atoms with van der Waals surface area (Å²) in [5.74, 6) is 3.33. The molecule has 0 saturated carbocycles. The Morgan fingerprint density at radius 3 is 2.50 bits per heavy atom. The summed E-state index contributed by atoms with van der Waals surface area (Å²) in [6, 6.07) is 11.0. The predicted molar refractivity (Wildman–Crippen MR) is 73.2 cm³/mol. The quantitative estimate of drug-likeness (QED) is 0.788. The molecular weight excluding hydrogens is 214 g/mol. The molecule has 0 aliphatic carbocycles. The first-order valence-corrected chi connectivity index (χ1v) is 7.40. The molecule has 88 valence electrons. The molecule has 1 aromatic carbocycles. The first-order valence-electron chi connectivity index (χ1n) is 6.25. The van der Waals surface area contributed by atoms with Crippen LogP contribution in [0.5, 0.6) is 0 Å². The van der Waals surface area contributed by atoms with Gasteiger partial charge in [0, 0.05) is 31.1 Å². The molecule has 0 bridgehead atoms. The van der Waals surface area contributed by atoms with Crippen molar-refractivity contribution in [3.8, 4) is 0 Å². The highest BCUT2D eigenvalue weighted by Gasteiger charge is 2.16. The van der Waals surface area contributed by atoms with Crippen molar-refractivity contribution in [2.24, 2.45) is 0 Å². The second-order valence-corrected chi connectivity index (χ2v) is 5.65. The molecule has 1 fully saturated rings. The molecule has 1 saturated heterocycles. The molecule has 0 N–H and O–H groups in total. The van der Waals surface area contributed by atoms with E-state index < -0.39 is 0 Å². The van der Waals surface area contributed by atoms with Crippen LogP contribution < -0.4 is 0 Å². The molecule has 0 radical (unpaired) electrons. The molecule has 1 aromatic rings. The summed E-state index contributed by atoms with van der Waals surface area (Å²) in [6.45, 7) is 6.08. The smallest absolute Gasteiger partial charge is 0.00729 e. The van der Waals surface area contributed by atoms with Gasteiger partial charge >= 0.3 is 0 Å². The zero-order valence-corrected chi connectivity index (χ0v) is 10.9. The number of rotatable bonds is 4. The van der Waals surface area contributed by atoms with Gasteiger partial charge in [-0.3, -0.25) is 0 Å². The van der Waals surface area contributed by atoms with Crippen molar-refractivity contribution in [2.45, 2.75) is 19.3 Å². The molecule has 2 heteroatoms. The SMILES string of the molecule is CC[C@@H](CN1CCSCC1)c1ccccc1. The van der Waals surface area contributed by atoms with Gasteiger partial charge in [0.2, 0.25) is 0 Å². The standard InChI is InChI=1S/C14H21NS/c1-2-13(14-6-4-3-5-7-14)12-15-8-10-16-11-9-15/h3-7,13H,2,8-12H2,1H3/t13-/m0/s1. The van der Waals surface area contributed by atoms with Crippen molar-refractivity contribution in [1.29, 1.82) is 0 Å². The normalized spacial score (nSPS) is 19.6. The molecule has 1 atom stereocenters. The van der Waals surface area contributed by atoms with Gasteiger partial charge in [0.1, 0.15) is 0 Å². The fourth-order valence-corrected chi connectivity index (χ4v) is 3.27. The van der Waals surface area contributed by atoms with E-state index in [-0.39, 0.29) is 0 Å². The molecule has 1 heterocycles. The fraction of sp³-hybridized carbons (Fsp3) is 0.571. The molecule has 16 heavy (non-hydrogen) atoms. The Bertz CT molecular complexity index is 293. The third-order valence-corrected chi connectivity index (χ3v) is 4.29. The summed E-state index contributed by atoms with van der Waals surface area (Å²) in [4.78, 5) is 2.62. The van der Waals surface area contributed by atoms with Crippen molar-refractivity contribution in [2.75, 3.05) is 31.1 Å². The maximum Gasteiger partial charge on any atom is 0.00729 e. The van der Waals surface area contributed by atoms with Crippen molar-refractivity contribution < 1.29 is 0 Å². The fourth-order valence-electron chi connectivity index (χ4n) is 2.29. The Morgan fingerprint density at radius 2 is 1.88 bits per heavy atom. The highest BCUT2D eigenvalue weighted by Crippen LogP contribution is 2.22. The lowest BCUT2D eigenvalue weighted by Crippen LogP contribution is -2.35. The van der Waals surface area contributed by atoms with Crippen LogP contribution in [0, 0.1) is 0 Å². The second-order valence-electron chi connectivity index (χ2n) is 4.43. The summed E-state index contributed by atoms with van der Waals surface area (Å²) in [5.41, 5.74) is 1.50. The van der Waals surface area contributed by atoms with Crippen LogP contribution >= 0.6 is 11.8 Å². The Labute approximate surface area is 103 Å². The van der Waals surface area contributed by atoms with Crippen LogP contribution in [0.1, 0.15) is 24.8 Å². The molecular formula is C14H21NS. The molecule has 0 spiro atoms. The van der Waals surface area contributed by atoms with Gasteiger partial charge in [0.25, 0.3) is 0 Å². The molecule has 1 aliphatic rings.